The molecule has 4 heterocycles. The van der Waals surface area contributed by atoms with Gasteiger partial charge in [-0.05, 0) is 44.4 Å². The Morgan fingerprint density at radius 2 is 1.91 bits per heavy atom. The van der Waals surface area contributed by atoms with Crippen molar-refractivity contribution in [3.63, 3.8) is 0 Å². The lowest BCUT2D eigenvalue weighted by Gasteiger charge is -2.35. The molecule has 1 unspecified atom stereocenters. The number of carbonyl (C=O) groups excluding carboxylic acids is 1. The van der Waals surface area contributed by atoms with Gasteiger partial charge in [-0.15, -0.1) is 0 Å². The molecular weight excluding hydrogens is 460 g/mol. The first-order chi connectivity index (χ1) is 16.2. The van der Waals surface area contributed by atoms with E-state index in [0.717, 1.165) is 22.4 Å². The summed E-state index contributed by atoms with van der Waals surface area (Å²) in [5, 5.41) is 15.1. The maximum absolute atomic E-state index is 13.2. The van der Waals surface area contributed by atoms with E-state index < -0.39 is 22.2 Å². The third-order valence-electron chi connectivity index (χ3n) is 6.46. The van der Waals surface area contributed by atoms with E-state index in [1.807, 2.05) is 6.92 Å². The predicted molar refractivity (Wildman–Crippen MR) is 123 cm³/mol. The normalized spacial score (nSPS) is 22.6. The van der Waals surface area contributed by atoms with E-state index in [1.54, 1.807) is 35.2 Å². The van der Waals surface area contributed by atoms with E-state index >= 15 is 0 Å². The van der Waals surface area contributed by atoms with E-state index in [1.165, 1.54) is 12.5 Å². The number of anilines is 1. The second-order valence-corrected chi connectivity index (χ2v) is 10.5. The summed E-state index contributed by atoms with van der Waals surface area (Å²) >= 11 is 0. The molecule has 2 fully saturated rings. The van der Waals surface area contributed by atoms with Crippen LogP contribution >= 0.6 is 0 Å². The van der Waals surface area contributed by atoms with Crippen molar-refractivity contribution in [1.82, 2.24) is 24.2 Å². The minimum absolute atomic E-state index is 0.00792. The fourth-order valence-electron chi connectivity index (χ4n) is 4.76. The molecule has 34 heavy (non-hydrogen) atoms. The molecule has 1 aromatic carbocycles. The van der Waals surface area contributed by atoms with Crippen molar-refractivity contribution in [3.05, 3.63) is 48.4 Å². The van der Waals surface area contributed by atoms with Crippen LogP contribution in [0.1, 0.15) is 24.8 Å². The Morgan fingerprint density at radius 3 is 2.65 bits per heavy atom. The van der Waals surface area contributed by atoms with Gasteiger partial charge >= 0.3 is 6.09 Å². The highest BCUT2D eigenvalue weighted by Gasteiger charge is 2.43. The van der Waals surface area contributed by atoms with Crippen LogP contribution in [0.25, 0.3) is 11.0 Å². The molecule has 2 aromatic heterocycles. The maximum atomic E-state index is 13.2. The molecule has 178 valence electrons. The van der Waals surface area contributed by atoms with Gasteiger partial charge in [-0.3, -0.25) is 4.79 Å². The molecule has 3 N–H and O–H groups in total. The Bertz CT molecular complexity index is 1370. The Hall–Kier alpha value is -3.67. The van der Waals surface area contributed by atoms with Gasteiger partial charge in [0.1, 0.15) is 18.2 Å². The Balaban J connectivity index is 1.38. The first-order valence-electron chi connectivity index (χ1n) is 10.9. The SMILES string of the molecule is Cc1ccc(S(=O)(=O)n2ccc3c(N[C@H]4CC[C@H]5CC(NC(=O)O)C(=O)N5C4)ncnc32)cc1. The van der Waals surface area contributed by atoms with E-state index in [4.69, 9.17) is 5.11 Å². The van der Waals surface area contributed by atoms with Gasteiger partial charge in [0.25, 0.3) is 10.0 Å². The summed E-state index contributed by atoms with van der Waals surface area (Å²) in [5.41, 5.74) is 1.22. The number of hydrogen-bond acceptors (Lipinski definition) is 7. The number of aryl methyl sites for hydroxylation is 1. The summed E-state index contributed by atoms with van der Waals surface area (Å²) in [6, 6.07) is 7.45. The molecule has 2 aliphatic heterocycles. The van der Waals surface area contributed by atoms with E-state index in [9.17, 15) is 18.0 Å². The molecule has 11 nitrogen and oxygen atoms in total. The molecule has 3 aromatic rings. The lowest BCUT2D eigenvalue weighted by atomic mass is 9.98. The number of aromatic nitrogens is 3. The van der Waals surface area contributed by atoms with Gasteiger partial charge in [0.2, 0.25) is 5.91 Å². The number of amides is 2. The topological polar surface area (TPSA) is 147 Å². The van der Waals surface area contributed by atoms with Gasteiger partial charge in [0.15, 0.2) is 5.65 Å². The number of carbonyl (C=O) groups is 2. The number of benzene rings is 1. The van der Waals surface area contributed by atoms with Crippen LogP contribution in [0, 0.1) is 6.92 Å². The van der Waals surface area contributed by atoms with Crippen molar-refractivity contribution in [2.45, 2.75) is 49.2 Å². The molecule has 0 aliphatic carbocycles. The smallest absolute Gasteiger partial charge is 0.405 e. The van der Waals surface area contributed by atoms with Crippen LogP contribution in [-0.2, 0) is 14.8 Å². The average molecular weight is 485 g/mol. The zero-order valence-electron chi connectivity index (χ0n) is 18.4. The molecule has 2 aliphatic rings. The van der Waals surface area contributed by atoms with Crippen molar-refractivity contribution < 1.29 is 23.1 Å². The highest BCUT2D eigenvalue weighted by molar-refractivity contribution is 7.90. The Kier molecular flexibility index (Phi) is 5.39. The van der Waals surface area contributed by atoms with Crippen LogP contribution in [0.5, 0.6) is 0 Å². The van der Waals surface area contributed by atoms with Crippen LogP contribution in [0.3, 0.4) is 0 Å². The number of nitrogens with one attached hydrogen (secondary N) is 2. The number of fused-ring (bicyclic) bond motifs is 2. The fraction of sp³-hybridized carbons (Fsp3) is 0.364. The van der Waals surface area contributed by atoms with Crippen molar-refractivity contribution in [2.24, 2.45) is 0 Å². The summed E-state index contributed by atoms with van der Waals surface area (Å²) < 4.78 is 27.5. The monoisotopic (exact) mass is 484 g/mol. The van der Waals surface area contributed by atoms with Crippen LogP contribution in [0.15, 0.2) is 47.8 Å². The number of hydrogen-bond donors (Lipinski definition) is 3. The van der Waals surface area contributed by atoms with Gasteiger partial charge in [0, 0.05) is 24.8 Å². The van der Waals surface area contributed by atoms with Crippen molar-refractivity contribution in [3.8, 4) is 0 Å². The third kappa shape index (κ3) is 3.83. The summed E-state index contributed by atoms with van der Waals surface area (Å²) in [5.74, 6) is 0.264. The molecule has 0 radical (unpaired) electrons. The van der Waals surface area contributed by atoms with Gasteiger partial charge < -0.3 is 20.6 Å². The van der Waals surface area contributed by atoms with Crippen LogP contribution in [0.4, 0.5) is 10.6 Å². The largest absolute Gasteiger partial charge is 0.465 e. The summed E-state index contributed by atoms with van der Waals surface area (Å²) in [6.07, 6.45) is 3.53. The fourth-order valence-corrected chi connectivity index (χ4v) is 6.06. The molecule has 0 bridgehead atoms. The van der Waals surface area contributed by atoms with Gasteiger partial charge in [0.05, 0.1) is 10.3 Å². The van der Waals surface area contributed by atoms with Gasteiger partial charge in [-0.2, -0.15) is 0 Å². The first kappa shape index (κ1) is 22.1. The third-order valence-corrected chi connectivity index (χ3v) is 8.14. The molecule has 2 amide bonds. The summed E-state index contributed by atoms with van der Waals surface area (Å²) in [4.78, 5) is 34.0. The molecule has 3 atom stereocenters. The van der Waals surface area contributed by atoms with E-state index in [0.29, 0.717) is 24.2 Å². The number of piperidine rings is 1. The number of rotatable bonds is 5. The predicted octanol–water partition coefficient (Wildman–Crippen LogP) is 1.79. The maximum Gasteiger partial charge on any atom is 0.405 e. The zero-order chi connectivity index (χ0) is 24.0. The van der Waals surface area contributed by atoms with Crippen LogP contribution < -0.4 is 10.6 Å². The van der Waals surface area contributed by atoms with Crippen LogP contribution in [0.2, 0.25) is 0 Å². The average Bonchev–Trinajstić information content (AvgIpc) is 3.37. The Morgan fingerprint density at radius 1 is 1.15 bits per heavy atom. The lowest BCUT2D eigenvalue weighted by Crippen LogP contribution is -2.48. The molecular formula is C22H24N6O5S. The highest BCUT2D eigenvalue weighted by atomic mass is 32.2. The minimum atomic E-state index is -3.83. The molecule has 2 saturated heterocycles. The number of nitrogens with zero attached hydrogens (tertiary/aromatic N) is 4. The summed E-state index contributed by atoms with van der Waals surface area (Å²) in [7, 11) is -3.83. The zero-order valence-corrected chi connectivity index (χ0v) is 19.2. The first-order valence-corrected chi connectivity index (χ1v) is 12.4. The van der Waals surface area contributed by atoms with Gasteiger partial charge in [-0.1, -0.05) is 17.7 Å². The summed E-state index contributed by atoms with van der Waals surface area (Å²) in [6.45, 7) is 2.30. The number of carboxylic acid groups (broad SMARTS) is 1. The highest BCUT2D eigenvalue weighted by Crippen LogP contribution is 2.31. The minimum Gasteiger partial charge on any atom is -0.465 e. The molecule has 0 saturated carbocycles. The van der Waals surface area contributed by atoms with Crippen molar-refractivity contribution in [2.75, 3.05) is 11.9 Å². The van der Waals surface area contributed by atoms with Crippen LogP contribution in [-0.4, -0.2) is 69.0 Å². The second kappa shape index (κ2) is 8.28. The molecule has 0 spiro atoms. The Labute approximate surface area is 195 Å². The van der Waals surface area contributed by atoms with E-state index in [-0.39, 0.29) is 28.5 Å². The van der Waals surface area contributed by atoms with Crippen molar-refractivity contribution >= 4 is 38.9 Å². The van der Waals surface area contributed by atoms with Gasteiger partial charge in [-0.25, -0.2) is 27.2 Å². The lowest BCUT2D eigenvalue weighted by molar-refractivity contribution is -0.131. The standard InChI is InChI=1S/C22H24N6O5S/c1-13-2-6-16(7-3-13)34(32,33)28-9-8-17-19(23-12-24-20(17)28)25-14-4-5-15-10-18(26-22(30)31)21(29)27(15)11-14/h2-3,6-9,12,14-15,18,26H,4-5,10-11H2,1H3,(H,30,31)(H,23,24,25)/t14-,15-,18?/m0/s1. The van der Waals surface area contributed by atoms with E-state index in [2.05, 4.69) is 20.6 Å². The second-order valence-electron chi connectivity index (χ2n) is 8.69. The quantitative estimate of drug-likeness (QED) is 0.497. The molecule has 5 rings (SSSR count). The van der Waals surface area contributed by atoms with Crippen molar-refractivity contribution in [1.29, 1.82) is 0 Å². The molecule has 12 heteroatoms.